The first kappa shape index (κ1) is 56.2. The number of ether oxygens (including phenoxy) is 8. The molecule has 0 aromatic heterocycles. The van der Waals surface area contributed by atoms with Gasteiger partial charge < -0.3 is 29.2 Å². The molecule has 0 amide bonds. The third-order valence-electron chi connectivity index (χ3n) is 5.97. The van der Waals surface area contributed by atoms with E-state index < -0.39 is 165 Å². The van der Waals surface area contributed by atoms with Crippen LogP contribution in [-0.4, -0.2) is 150 Å². The predicted molar refractivity (Wildman–Crippen MR) is 149 cm³/mol. The summed E-state index contributed by atoms with van der Waals surface area (Å²) in [4.78, 5) is 0. The van der Waals surface area contributed by atoms with E-state index >= 15 is 0 Å². The van der Waals surface area contributed by atoms with Crippen LogP contribution in [0.15, 0.2) is 0 Å². The third-order valence-corrected chi connectivity index (χ3v) is 5.97. The molecule has 30 heteroatoms. The Morgan fingerprint density at radius 2 is 0.569 bits per heavy atom. The lowest BCUT2D eigenvalue weighted by molar-refractivity contribution is -0.328. The molecule has 0 aromatic rings. The first-order chi connectivity index (χ1) is 26.1. The summed E-state index contributed by atoms with van der Waals surface area (Å²) in [6.07, 6.45) is -42.9. The van der Waals surface area contributed by atoms with Gasteiger partial charge in [-0.05, 0) is 12.8 Å². The maximum absolute atomic E-state index is 13.8. The second-order valence-corrected chi connectivity index (χ2v) is 12.0. The van der Waals surface area contributed by atoms with Crippen molar-refractivity contribution in [3.8, 4) is 0 Å². The first-order valence-corrected chi connectivity index (χ1v) is 16.0. The molecule has 0 aliphatic carbocycles. The van der Waals surface area contributed by atoms with E-state index in [1.165, 1.54) is 0 Å². The average Bonchev–Trinajstić information content (AvgIpc) is 2.98. The molecule has 350 valence electrons. The van der Waals surface area contributed by atoms with Gasteiger partial charge in [0.05, 0.1) is 0 Å². The van der Waals surface area contributed by atoms with Gasteiger partial charge in [0.1, 0.15) is 78.5 Å². The quantitative estimate of drug-likeness (QED) is 0.0489. The molecule has 0 aliphatic rings. The van der Waals surface area contributed by atoms with Gasteiger partial charge in [-0.25, -0.2) is 52.7 Å². The normalized spacial score (nSPS) is 16.4. The molecule has 0 saturated heterocycles. The van der Waals surface area contributed by atoms with Crippen molar-refractivity contribution in [3.63, 3.8) is 0 Å². The standard InChI is InChI=1S/C28H38F20O10/c29-17(55-27(45,46)11-23(37,38)15-53-7-19(31)57-25(41,42)9-21(33,34)13-49)5-51-3-1-2-4-52-6-18(30)56-28(47,48)12-24(39,40)16-54-8-20(32)58-26(43,44)10-22(35,36)14-50/h17-20,49-50H,1-16H2. The van der Waals surface area contributed by atoms with E-state index in [0.29, 0.717) is 0 Å². The zero-order chi connectivity index (χ0) is 45.3. The van der Waals surface area contributed by atoms with E-state index in [4.69, 9.17) is 10.2 Å². The van der Waals surface area contributed by atoms with Gasteiger partial charge in [0.15, 0.2) is 0 Å². The third kappa shape index (κ3) is 28.6. The molecule has 0 spiro atoms. The van der Waals surface area contributed by atoms with E-state index in [0.717, 1.165) is 0 Å². The predicted octanol–water partition coefficient (Wildman–Crippen LogP) is 7.54. The van der Waals surface area contributed by atoms with E-state index in [9.17, 15) is 87.8 Å². The number of aliphatic hydroxyl groups is 2. The van der Waals surface area contributed by atoms with Crippen molar-refractivity contribution >= 4 is 0 Å². The van der Waals surface area contributed by atoms with Crippen LogP contribution in [0.25, 0.3) is 0 Å². The van der Waals surface area contributed by atoms with Gasteiger partial charge in [-0.3, -0.25) is 18.9 Å². The van der Waals surface area contributed by atoms with Gasteiger partial charge in [-0.2, -0.15) is 35.1 Å². The molecule has 2 N–H and O–H groups in total. The number of hydrogen-bond acceptors (Lipinski definition) is 10. The summed E-state index contributed by atoms with van der Waals surface area (Å²) >= 11 is 0. The Balaban J connectivity index is 4.34. The van der Waals surface area contributed by atoms with Crippen molar-refractivity contribution in [2.45, 2.75) is 112 Å². The van der Waals surface area contributed by atoms with Crippen LogP contribution < -0.4 is 0 Å². The van der Waals surface area contributed by atoms with Crippen LogP contribution in [0.3, 0.4) is 0 Å². The number of aliphatic hydroxyl groups excluding tert-OH is 2. The molecule has 4 unspecified atom stereocenters. The lowest BCUT2D eigenvalue weighted by Gasteiger charge is -2.25. The Labute approximate surface area is 314 Å². The molecule has 0 rings (SSSR count). The fourth-order valence-corrected chi connectivity index (χ4v) is 3.83. The number of rotatable bonds is 35. The van der Waals surface area contributed by atoms with Crippen LogP contribution in [-0.2, 0) is 37.9 Å². The van der Waals surface area contributed by atoms with Gasteiger partial charge in [0.25, 0.3) is 23.7 Å². The highest BCUT2D eigenvalue weighted by Crippen LogP contribution is 2.36. The van der Waals surface area contributed by atoms with Crippen LogP contribution in [0.2, 0.25) is 0 Å². The summed E-state index contributed by atoms with van der Waals surface area (Å²) in [7, 11) is 0. The van der Waals surface area contributed by atoms with Crippen molar-refractivity contribution in [2.24, 2.45) is 0 Å². The molecule has 0 radical (unpaired) electrons. The second-order valence-electron chi connectivity index (χ2n) is 12.0. The Hall–Kier alpha value is -1.80. The molecule has 4 atom stereocenters. The fraction of sp³-hybridized carbons (Fsp3) is 1.00. The van der Waals surface area contributed by atoms with E-state index in [1.807, 2.05) is 0 Å². The van der Waals surface area contributed by atoms with Crippen molar-refractivity contribution < 1.29 is 136 Å². The molecule has 58 heavy (non-hydrogen) atoms. The topological polar surface area (TPSA) is 114 Å². The largest absolute Gasteiger partial charge is 0.390 e. The number of hydrogen-bond donors (Lipinski definition) is 2. The Morgan fingerprint density at radius 3 is 0.810 bits per heavy atom. The van der Waals surface area contributed by atoms with E-state index in [2.05, 4.69) is 37.9 Å². The molecule has 10 nitrogen and oxygen atoms in total. The molecule has 0 aromatic carbocycles. The Kier molecular flexibility index (Phi) is 23.3. The molecule has 0 fully saturated rings. The molecule has 0 saturated carbocycles. The minimum absolute atomic E-state index is 0.134. The molecule has 0 heterocycles. The maximum atomic E-state index is 13.8. The van der Waals surface area contributed by atoms with Crippen LogP contribution >= 0.6 is 0 Å². The monoisotopic (exact) mass is 914 g/mol. The van der Waals surface area contributed by atoms with Crippen molar-refractivity contribution in [2.75, 3.05) is 66.1 Å². The fourth-order valence-electron chi connectivity index (χ4n) is 3.83. The van der Waals surface area contributed by atoms with Gasteiger partial charge in [0.2, 0.25) is 25.4 Å². The summed E-state index contributed by atoms with van der Waals surface area (Å²) in [5, 5.41) is 16.5. The highest BCUT2D eigenvalue weighted by Gasteiger charge is 2.50. The van der Waals surface area contributed by atoms with E-state index in [1.54, 1.807) is 0 Å². The average molecular weight is 915 g/mol. The highest BCUT2D eigenvalue weighted by molar-refractivity contribution is 4.75. The van der Waals surface area contributed by atoms with Gasteiger partial charge >= 0.3 is 24.4 Å². The molecule has 0 bridgehead atoms. The zero-order valence-electron chi connectivity index (χ0n) is 29.3. The SMILES string of the molecule is OCC(F)(F)CC(F)(F)OC(F)COCC(F)(F)CC(F)(F)OC(F)COCCCCOCC(F)OC(F)(F)CC(F)(F)COCC(F)OC(F)(F)CC(F)(F)CO. The molecule has 0 aliphatic heterocycles. The van der Waals surface area contributed by atoms with Crippen LogP contribution in [0.4, 0.5) is 87.8 Å². The first-order valence-electron chi connectivity index (χ1n) is 16.0. The van der Waals surface area contributed by atoms with Crippen LogP contribution in [0, 0.1) is 0 Å². The minimum Gasteiger partial charge on any atom is -0.390 e. The Morgan fingerprint density at radius 1 is 0.345 bits per heavy atom. The summed E-state index contributed by atoms with van der Waals surface area (Å²) in [5.74, 6) is -18.0. The lowest BCUT2D eigenvalue weighted by atomic mass is 10.2. The summed E-state index contributed by atoms with van der Waals surface area (Å²) in [5.41, 5.74) is 0. The van der Waals surface area contributed by atoms with Crippen molar-refractivity contribution in [1.82, 2.24) is 0 Å². The zero-order valence-corrected chi connectivity index (χ0v) is 29.3. The van der Waals surface area contributed by atoms with Crippen LogP contribution in [0.5, 0.6) is 0 Å². The summed E-state index contributed by atoms with van der Waals surface area (Å²) < 4.78 is 299. The van der Waals surface area contributed by atoms with Crippen molar-refractivity contribution in [1.29, 1.82) is 0 Å². The highest BCUT2D eigenvalue weighted by atomic mass is 19.3. The van der Waals surface area contributed by atoms with Crippen molar-refractivity contribution in [3.05, 3.63) is 0 Å². The number of alkyl halides is 20. The number of halogens is 20. The van der Waals surface area contributed by atoms with Gasteiger partial charge in [-0.1, -0.05) is 0 Å². The summed E-state index contributed by atoms with van der Waals surface area (Å²) in [6.45, 7) is -15.4. The second kappa shape index (κ2) is 24.0. The van der Waals surface area contributed by atoms with E-state index in [-0.39, 0.29) is 12.8 Å². The van der Waals surface area contributed by atoms with Gasteiger partial charge in [-0.15, -0.1) is 0 Å². The number of unbranched alkanes of at least 4 members (excludes halogenated alkanes) is 1. The molecular formula is C28H38F20O10. The Bertz CT molecular complexity index is 1040. The lowest BCUT2D eigenvalue weighted by Crippen LogP contribution is -2.39. The minimum atomic E-state index is -4.94. The molecular weight excluding hydrogens is 876 g/mol. The van der Waals surface area contributed by atoms with Crippen LogP contribution in [0.1, 0.15) is 38.5 Å². The van der Waals surface area contributed by atoms with Gasteiger partial charge in [0, 0.05) is 13.2 Å². The summed E-state index contributed by atoms with van der Waals surface area (Å²) in [6, 6.07) is 0. The maximum Gasteiger partial charge on any atom is 0.364 e. The smallest absolute Gasteiger partial charge is 0.364 e.